The zero-order valence-corrected chi connectivity index (χ0v) is 17.0. The number of nitrogens with one attached hydrogen (secondary N) is 1. The number of fused-ring (bicyclic) bond motifs is 1. The molecule has 1 N–H and O–H groups in total. The Morgan fingerprint density at radius 1 is 1.00 bits per heavy atom. The van der Waals surface area contributed by atoms with Crippen LogP contribution < -0.4 is 14.2 Å². The standard InChI is InChI=1S/C23H26N2O4/c1-27-20-13-16(14-21(28-2)22(20)29-3)23(26)25-11-7-6-10-19(25)18-12-15-8-4-5-9-17(15)24-18/h4-5,8-9,12-14,19,24H,6-7,10-11H2,1-3H3. The fourth-order valence-electron chi connectivity index (χ4n) is 4.14. The Bertz CT molecular complexity index is 969. The number of piperidine rings is 1. The molecule has 152 valence electrons. The van der Waals surface area contributed by atoms with E-state index in [4.69, 9.17) is 14.2 Å². The third kappa shape index (κ3) is 3.50. The van der Waals surface area contributed by atoms with Crippen molar-refractivity contribution in [3.05, 3.63) is 53.7 Å². The highest BCUT2D eigenvalue weighted by atomic mass is 16.5. The highest BCUT2D eigenvalue weighted by Gasteiger charge is 2.31. The van der Waals surface area contributed by atoms with Crippen LogP contribution in [0.3, 0.4) is 0 Å². The number of ether oxygens (including phenoxy) is 3. The largest absolute Gasteiger partial charge is 0.493 e. The number of likely N-dealkylation sites (tertiary alicyclic amines) is 1. The van der Waals surface area contributed by atoms with E-state index in [-0.39, 0.29) is 11.9 Å². The second kappa shape index (κ2) is 8.07. The molecule has 2 aromatic carbocycles. The molecule has 1 amide bonds. The van der Waals surface area contributed by atoms with E-state index in [1.54, 1.807) is 33.5 Å². The molecule has 1 fully saturated rings. The minimum atomic E-state index is -0.0346. The monoisotopic (exact) mass is 394 g/mol. The van der Waals surface area contributed by atoms with E-state index in [9.17, 15) is 4.79 Å². The number of nitrogens with zero attached hydrogens (tertiary/aromatic N) is 1. The first-order valence-electron chi connectivity index (χ1n) is 9.85. The Labute approximate surface area is 170 Å². The smallest absolute Gasteiger partial charge is 0.254 e. The van der Waals surface area contributed by atoms with Gasteiger partial charge in [0.1, 0.15) is 0 Å². The number of carbonyl (C=O) groups is 1. The summed E-state index contributed by atoms with van der Waals surface area (Å²) in [7, 11) is 4.66. The van der Waals surface area contributed by atoms with E-state index in [1.807, 2.05) is 17.0 Å². The average Bonchev–Trinajstić information content (AvgIpc) is 3.21. The van der Waals surface area contributed by atoms with Crippen LogP contribution >= 0.6 is 0 Å². The lowest BCUT2D eigenvalue weighted by Crippen LogP contribution is -2.38. The molecular weight excluding hydrogens is 368 g/mol. The molecule has 0 aliphatic carbocycles. The molecule has 0 saturated carbocycles. The maximum absolute atomic E-state index is 13.5. The number of aromatic amines is 1. The van der Waals surface area contributed by atoms with Crippen LogP contribution in [0.25, 0.3) is 10.9 Å². The molecule has 1 aliphatic heterocycles. The second-order valence-corrected chi connectivity index (χ2v) is 7.24. The number of carbonyl (C=O) groups excluding carboxylic acids is 1. The lowest BCUT2D eigenvalue weighted by Gasteiger charge is -2.35. The molecule has 1 aliphatic rings. The first-order valence-corrected chi connectivity index (χ1v) is 9.85. The SMILES string of the molecule is COc1cc(C(=O)N2CCCCC2c2cc3ccccc3[nH]2)cc(OC)c1OC. The van der Waals surface area contributed by atoms with Gasteiger partial charge >= 0.3 is 0 Å². The van der Waals surface area contributed by atoms with Crippen LogP contribution in [-0.4, -0.2) is 43.7 Å². The van der Waals surface area contributed by atoms with E-state index < -0.39 is 0 Å². The predicted octanol–water partition coefficient (Wildman–Crippen LogP) is 4.56. The number of para-hydroxylation sites is 1. The first-order chi connectivity index (χ1) is 14.2. The van der Waals surface area contributed by atoms with Gasteiger partial charge in [-0.1, -0.05) is 18.2 Å². The number of methoxy groups -OCH3 is 3. The molecule has 0 radical (unpaired) electrons. The van der Waals surface area contributed by atoms with Crippen LogP contribution in [0.5, 0.6) is 17.2 Å². The van der Waals surface area contributed by atoms with Crippen molar-refractivity contribution in [3.8, 4) is 17.2 Å². The van der Waals surface area contributed by atoms with Crippen LogP contribution in [0.1, 0.15) is 41.4 Å². The van der Waals surface area contributed by atoms with Crippen LogP contribution in [0.4, 0.5) is 0 Å². The van der Waals surface area contributed by atoms with E-state index in [1.165, 1.54) is 0 Å². The molecule has 0 spiro atoms. The summed E-state index contributed by atoms with van der Waals surface area (Å²) in [6.07, 6.45) is 3.02. The Balaban J connectivity index is 1.70. The summed E-state index contributed by atoms with van der Waals surface area (Å²) in [5.41, 5.74) is 2.70. The van der Waals surface area contributed by atoms with E-state index in [2.05, 4.69) is 23.2 Å². The van der Waals surface area contributed by atoms with Crippen molar-refractivity contribution >= 4 is 16.8 Å². The quantitative estimate of drug-likeness (QED) is 0.689. The first kappa shape index (κ1) is 19.2. The van der Waals surface area contributed by atoms with Crippen molar-refractivity contribution < 1.29 is 19.0 Å². The zero-order valence-electron chi connectivity index (χ0n) is 17.0. The molecule has 1 saturated heterocycles. The molecule has 3 aromatic rings. The number of rotatable bonds is 5. The minimum Gasteiger partial charge on any atom is -0.493 e. The molecule has 4 rings (SSSR count). The number of aromatic nitrogens is 1. The van der Waals surface area contributed by atoms with Crippen molar-refractivity contribution in [1.29, 1.82) is 0 Å². The van der Waals surface area contributed by atoms with Gasteiger partial charge in [-0.25, -0.2) is 0 Å². The number of hydrogen-bond acceptors (Lipinski definition) is 4. The van der Waals surface area contributed by atoms with Crippen molar-refractivity contribution in [2.24, 2.45) is 0 Å². The highest BCUT2D eigenvalue weighted by Crippen LogP contribution is 2.40. The summed E-state index contributed by atoms with van der Waals surface area (Å²) in [5, 5.41) is 1.16. The number of amides is 1. The van der Waals surface area contributed by atoms with Gasteiger partial charge in [-0.3, -0.25) is 4.79 Å². The summed E-state index contributed by atoms with van der Waals surface area (Å²) in [6.45, 7) is 0.718. The van der Waals surface area contributed by atoms with Gasteiger partial charge < -0.3 is 24.1 Å². The van der Waals surface area contributed by atoms with Gasteiger partial charge in [0.05, 0.1) is 27.4 Å². The molecule has 0 bridgehead atoms. The van der Waals surface area contributed by atoms with Gasteiger partial charge in [-0.15, -0.1) is 0 Å². The van der Waals surface area contributed by atoms with E-state index >= 15 is 0 Å². The molecule has 29 heavy (non-hydrogen) atoms. The fraction of sp³-hybridized carbons (Fsp3) is 0.348. The number of H-pyrrole nitrogens is 1. The van der Waals surface area contributed by atoms with E-state index in [0.29, 0.717) is 22.8 Å². The van der Waals surface area contributed by atoms with Gasteiger partial charge in [0.15, 0.2) is 11.5 Å². The van der Waals surface area contributed by atoms with Crippen LogP contribution in [0.15, 0.2) is 42.5 Å². The van der Waals surface area contributed by atoms with Crippen molar-refractivity contribution in [1.82, 2.24) is 9.88 Å². The van der Waals surface area contributed by atoms with Crippen LogP contribution in [0, 0.1) is 0 Å². The fourth-order valence-corrected chi connectivity index (χ4v) is 4.14. The Hall–Kier alpha value is -3.15. The lowest BCUT2D eigenvalue weighted by molar-refractivity contribution is 0.0606. The second-order valence-electron chi connectivity index (χ2n) is 7.24. The minimum absolute atomic E-state index is 0.0164. The lowest BCUT2D eigenvalue weighted by atomic mass is 9.98. The average molecular weight is 394 g/mol. The summed E-state index contributed by atoms with van der Waals surface area (Å²) < 4.78 is 16.2. The van der Waals surface area contributed by atoms with Gasteiger partial charge in [-0.2, -0.15) is 0 Å². The summed E-state index contributed by atoms with van der Waals surface area (Å²) in [5.74, 6) is 1.41. The molecule has 6 nitrogen and oxygen atoms in total. The molecule has 1 unspecified atom stereocenters. The Kier molecular flexibility index (Phi) is 5.34. The van der Waals surface area contributed by atoms with Gasteiger partial charge in [0, 0.05) is 23.3 Å². The van der Waals surface area contributed by atoms with Gasteiger partial charge in [-0.05, 0) is 48.9 Å². The molecule has 1 atom stereocenters. The maximum Gasteiger partial charge on any atom is 0.254 e. The maximum atomic E-state index is 13.5. The Morgan fingerprint density at radius 3 is 2.38 bits per heavy atom. The van der Waals surface area contributed by atoms with Crippen LogP contribution in [-0.2, 0) is 0 Å². The van der Waals surface area contributed by atoms with Gasteiger partial charge in [0.25, 0.3) is 5.91 Å². The van der Waals surface area contributed by atoms with E-state index in [0.717, 1.165) is 42.4 Å². The normalized spacial score (nSPS) is 16.7. The number of benzene rings is 2. The molecule has 1 aromatic heterocycles. The Morgan fingerprint density at radius 2 is 1.72 bits per heavy atom. The topological polar surface area (TPSA) is 63.8 Å². The van der Waals surface area contributed by atoms with Crippen molar-refractivity contribution in [2.45, 2.75) is 25.3 Å². The third-order valence-corrected chi connectivity index (χ3v) is 5.59. The molecular formula is C23H26N2O4. The zero-order chi connectivity index (χ0) is 20.4. The van der Waals surface area contributed by atoms with Crippen molar-refractivity contribution in [2.75, 3.05) is 27.9 Å². The molecule has 2 heterocycles. The number of hydrogen-bond donors (Lipinski definition) is 1. The highest BCUT2D eigenvalue weighted by molar-refractivity contribution is 5.96. The summed E-state index contributed by atoms with van der Waals surface area (Å²) >= 11 is 0. The molecule has 6 heteroatoms. The predicted molar refractivity (Wildman–Crippen MR) is 112 cm³/mol. The van der Waals surface area contributed by atoms with Crippen molar-refractivity contribution in [3.63, 3.8) is 0 Å². The summed E-state index contributed by atoms with van der Waals surface area (Å²) in [6, 6.07) is 13.8. The van der Waals surface area contributed by atoms with Crippen LogP contribution in [0.2, 0.25) is 0 Å². The summed E-state index contributed by atoms with van der Waals surface area (Å²) in [4.78, 5) is 18.9. The third-order valence-electron chi connectivity index (χ3n) is 5.59. The van der Waals surface area contributed by atoms with Gasteiger partial charge in [0.2, 0.25) is 5.75 Å².